The lowest BCUT2D eigenvalue weighted by atomic mass is 9.97. The zero-order valence-corrected chi connectivity index (χ0v) is 20.5. The number of rotatable bonds is 9. The summed E-state index contributed by atoms with van der Waals surface area (Å²) in [5, 5.41) is 0. The summed E-state index contributed by atoms with van der Waals surface area (Å²) in [6.45, 7) is 21.0. The van der Waals surface area contributed by atoms with Crippen LogP contribution in [0.4, 0.5) is 0 Å². The molecule has 2 aromatic heterocycles. The summed E-state index contributed by atoms with van der Waals surface area (Å²) in [6, 6.07) is 0. The first-order valence-electron chi connectivity index (χ1n) is 11.5. The van der Waals surface area contributed by atoms with E-state index >= 15 is 0 Å². The number of hydrogen-bond acceptors (Lipinski definition) is 4. The highest BCUT2D eigenvalue weighted by molar-refractivity contribution is 6.09. The molecule has 0 aromatic carbocycles. The SMILES string of the molecule is C=C/C=C(\C=C)c1c(C(=O)N2CCCC(CO/C(C=C)=C(\C)C=C)C2)c2nc(C)cnc2n1C. The number of aromatic nitrogens is 3. The van der Waals surface area contributed by atoms with Gasteiger partial charge in [0.05, 0.1) is 29.8 Å². The van der Waals surface area contributed by atoms with Crippen LogP contribution < -0.4 is 0 Å². The van der Waals surface area contributed by atoms with Crippen LogP contribution in [0, 0.1) is 12.8 Å². The maximum absolute atomic E-state index is 14.0. The number of hydrogen-bond donors (Lipinski definition) is 0. The second-order valence-corrected chi connectivity index (χ2v) is 8.55. The van der Waals surface area contributed by atoms with Crippen LogP contribution in [-0.2, 0) is 11.8 Å². The van der Waals surface area contributed by atoms with E-state index in [-0.39, 0.29) is 11.8 Å². The number of ether oxygens (including phenoxy) is 1. The fourth-order valence-corrected chi connectivity index (χ4v) is 4.37. The molecule has 1 unspecified atom stereocenters. The van der Waals surface area contributed by atoms with Gasteiger partial charge >= 0.3 is 0 Å². The Hall–Kier alpha value is -3.67. The highest BCUT2D eigenvalue weighted by Crippen LogP contribution is 2.31. The Morgan fingerprint density at radius 1 is 1.24 bits per heavy atom. The van der Waals surface area contributed by atoms with Crippen molar-refractivity contribution in [2.24, 2.45) is 13.0 Å². The third-order valence-corrected chi connectivity index (χ3v) is 6.17. The Balaban J connectivity index is 1.97. The Morgan fingerprint density at radius 2 is 2.00 bits per heavy atom. The van der Waals surface area contributed by atoms with Crippen molar-refractivity contribution in [3.05, 3.63) is 91.2 Å². The maximum Gasteiger partial charge on any atom is 0.258 e. The van der Waals surface area contributed by atoms with E-state index in [4.69, 9.17) is 9.72 Å². The van der Waals surface area contributed by atoms with Gasteiger partial charge in [-0.2, -0.15) is 0 Å². The number of carbonyl (C=O) groups is 1. The van der Waals surface area contributed by atoms with Crippen molar-refractivity contribution >= 4 is 22.6 Å². The normalized spacial score (nSPS) is 17.2. The van der Waals surface area contributed by atoms with Crippen LogP contribution in [0.25, 0.3) is 16.7 Å². The minimum Gasteiger partial charge on any atom is -0.493 e. The smallest absolute Gasteiger partial charge is 0.258 e. The molecule has 1 amide bonds. The van der Waals surface area contributed by atoms with E-state index in [9.17, 15) is 4.79 Å². The summed E-state index contributed by atoms with van der Waals surface area (Å²) in [5.74, 6) is 0.897. The van der Waals surface area contributed by atoms with Gasteiger partial charge in [0.2, 0.25) is 0 Å². The molecular weight excluding hydrogens is 424 g/mol. The summed E-state index contributed by atoms with van der Waals surface area (Å²) in [5.41, 5.74) is 5.08. The molecule has 0 aliphatic carbocycles. The molecule has 1 saturated heterocycles. The first-order valence-corrected chi connectivity index (χ1v) is 11.5. The molecule has 0 N–H and O–H groups in total. The monoisotopic (exact) mass is 458 g/mol. The van der Waals surface area contributed by atoms with E-state index < -0.39 is 0 Å². The molecule has 3 heterocycles. The van der Waals surface area contributed by atoms with Gasteiger partial charge in [-0.05, 0) is 43.9 Å². The average molecular weight is 459 g/mol. The molecule has 1 fully saturated rings. The van der Waals surface area contributed by atoms with Crippen LogP contribution >= 0.6 is 0 Å². The fraction of sp³-hybridized carbons (Fsp3) is 0.321. The second-order valence-electron chi connectivity index (χ2n) is 8.55. The van der Waals surface area contributed by atoms with Crippen LogP contribution in [0.5, 0.6) is 0 Å². The Bertz CT molecular complexity index is 1200. The van der Waals surface area contributed by atoms with Crippen molar-refractivity contribution in [2.45, 2.75) is 26.7 Å². The standard InChI is InChI=1S/C28H34N4O2/c1-8-13-22(10-3)26-24(25-27(31(26)7)29-16-20(6)30-25)28(33)32-15-12-14-21(17-32)18-34-23(11-4)19(5)9-2/h8-11,13,16,21H,1-4,12,14-15,17-18H2,5-7H3/b22-13+,23-19+. The van der Waals surface area contributed by atoms with Crippen molar-refractivity contribution in [3.8, 4) is 0 Å². The third-order valence-electron chi connectivity index (χ3n) is 6.17. The van der Waals surface area contributed by atoms with Crippen molar-refractivity contribution in [1.29, 1.82) is 0 Å². The molecule has 3 rings (SSSR count). The summed E-state index contributed by atoms with van der Waals surface area (Å²) < 4.78 is 7.92. The van der Waals surface area contributed by atoms with Gasteiger partial charge in [-0.1, -0.05) is 50.6 Å². The molecular formula is C28H34N4O2. The predicted octanol–water partition coefficient (Wildman–Crippen LogP) is 5.55. The highest BCUT2D eigenvalue weighted by atomic mass is 16.5. The molecule has 0 saturated carbocycles. The lowest BCUT2D eigenvalue weighted by Gasteiger charge is -2.33. The van der Waals surface area contributed by atoms with E-state index in [1.165, 1.54) is 0 Å². The zero-order valence-electron chi connectivity index (χ0n) is 20.5. The molecule has 6 heteroatoms. The minimum absolute atomic E-state index is 0.0521. The number of carbonyl (C=O) groups excluding carboxylic acids is 1. The number of likely N-dealkylation sites (tertiary alicyclic amines) is 1. The van der Waals surface area contributed by atoms with Crippen molar-refractivity contribution in [3.63, 3.8) is 0 Å². The summed E-state index contributed by atoms with van der Waals surface area (Å²) in [7, 11) is 1.90. The molecule has 0 radical (unpaired) electrons. The second kappa shape index (κ2) is 11.0. The van der Waals surface area contributed by atoms with Gasteiger partial charge < -0.3 is 14.2 Å². The van der Waals surface area contributed by atoms with Gasteiger partial charge in [0.25, 0.3) is 5.91 Å². The first-order chi connectivity index (χ1) is 16.4. The minimum atomic E-state index is -0.0521. The first kappa shape index (κ1) is 25.0. The fourth-order valence-electron chi connectivity index (χ4n) is 4.37. The van der Waals surface area contributed by atoms with Gasteiger partial charge in [-0.3, -0.25) is 4.79 Å². The van der Waals surface area contributed by atoms with E-state index in [1.807, 2.05) is 36.4 Å². The van der Waals surface area contributed by atoms with Crippen LogP contribution in [0.2, 0.25) is 0 Å². The van der Waals surface area contributed by atoms with Crippen LogP contribution in [0.1, 0.15) is 41.5 Å². The molecule has 1 aliphatic rings. The van der Waals surface area contributed by atoms with Crippen LogP contribution in [0.3, 0.4) is 0 Å². The maximum atomic E-state index is 14.0. The summed E-state index contributed by atoms with van der Waals surface area (Å²) in [4.78, 5) is 25.1. The number of nitrogens with zero attached hydrogens (tertiary/aromatic N) is 4. The molecule has 0 bridgehead atoms. The van der Waals surface area contributed by atoms with Crippen molar-refractivity contribution < 1.29 is 9.53 Å². The topological polar surface area (TPSA) is 60.3 Å². The third kappa shape index (κ3) is 4.96. The lowest BCUT2D eigenvalue weighted by Crippen LogP contribution is -2.41. The number of amides is 1. The van der Waals surface area contributed by atoms with Gasteiger partial charge in [-0.15, -0.1) is 0 Å². The van der Waals surface area contributed by atoms with Gasteiger partial charge in [0.1, 0.15) is 11.3 Å². The van der Waals surface area contributed by atoms with E-state index in [1.54, 1.807) is 30.5 Å². The quantitative estimate of drug-likeness (QED) is 0.365. The van der Waals surface area contributed by atoms with E-state index in [0.717, 1.165) is 41.1 Å². The number of piperidine rings is 1. The van der Waals surface area contributed by atoms with Gasteiger partial charge in [0, 0.05) is 26.1 Å². The summed E-state index contributed by atoms with van der Waals surface area (Å²) >= 11 is 0. The number of allylic oxidation sites excluding steroid dienone is 7. The van der Waals surface area contributed by atoms with E-state index in [2.05, 4.69) is 31.3 Å². The van der Waals surface area contributed by atoms with E-state index in [0.29, 0.717) is 36.4 Å². The largest absolute Gasteiger partial charge is 0.493 e. The Kier molecular flexibility index (Phi) is 8.05. The van der Waals surface area contributed by atoms with Crippen LogP contribution in [0.15, 0.2) is 74.2 Å². The molecule has 34 heavy (non-hydrogen) atoms. The lowest BCUT2D eigenvalue weighted by molar-refractivity contribution is 0.0593. The molecule has 6 nitrogen and oxygen atoms in total. The van der Waals surface area contributed by atoms with Crippen LogP contribution in [-0.4, -0.2) is 45.0 Å². The zero-order chi connectivity index (χ0) is 24.8. The van der Waals surface area contributed by atoms with Gasteiger partial charge in [0.15, 0.2) is 5.65 Å². The molecule has 1 aliphatic heterocycles. The van der Waals surface area contributed by atoms with Crippen molar-refractivity contribution in [2.75, 3.05) is 19.7 Å². The highest BCUT2D eigenvalue weighted by Gasteiger charge is 2.31. The molecule has 178 valence electrons. The Morgan fingerprint density at radius 3 is 2.65 bits per heavy atom. The average Bonchev–Trinajstić information content (AvgIpc) is 3.13. The van der Waals surface area contributed by atoms with Crippen molar-refractivity contribution in [1.82, 2.24) is 19.4 Å². The molecule has 2 aromatic rings. The predicted molar refractivity (Wildman–Crippen MR) is 139 cm³/mol. The number of aryl methyl sites for hydroxylation is 2. The molecule has 1 atom stereocenters. The Labute approximate surface area is 202 Å². The summed E-state index contributed by atoms with van der Waals surface area (Å²) in [6.07, 6.45) is 12.4. The van der Waals surface area contributed by atoms with Gasteiger partial charge in [-0.25, -0.2) is 9.97 Å². The molecule has 0 spiro atoms. The number of fused-ring (bicyclic) bond motifs is 1.